The molecule has 0 spiro atoms. The Kier molecular flexibility index (Phi) is 39.9. The van der Waals surface area contributed by atoms with E-state index in [4.69, 9.17) is 12.2 Å². The molecule has 0 saturated heterocycles. The van der Waals surface area contributed by atoms with E-state index in [1.54, 1.807) is 0 Å². The number of nitrogens with one attached hydrogen (secondary N) is 1. The molecule has 0 aliphatic carbocycles. The third kappa shape index (κ3) is 41.0. The lowest BCUT2D eigenvalue weighted by atomic mass is 10.0. The lowest BCUT2D eigenvalue weighted by Crippen LogP contribution is -2.17. The molecule has 0 aromatic rings. The number of thiol groups is 1. The number of alkyl halides is 1. The molecule has 0 fully saturated rings. The summed E-state index contributed by atoms with van der Waals surface area (Å²) in [5.74, 6) is 0. The maximum absolute atomic E-state index is 4.91. The Bertz CT molecular complexity index is 488. The zero-order valence-corrected chi connectivity index (χ0v) is 31.6. The van der Waals surface area contributed by atoms with Crippen LogP contribution in [0.15, 0.2) is 0 Å². The van der Waals surface area contributed by atoms with Gasteiger partial charge in [-0.05, 0) is 17.3 Å². The van der Waals surface area contributed by atoms with Crippen molar-refractivity contribution in [2.24, 2.45) is 0 Å². The summed E-state index contributed by atoms with van der Waals surface area (Å²) in [7, 11) is 0. The summed E-state index contributed by atoms with van der Waals surface area (Å²) in [6.07, 6.45) is 49.6. The van der Waals surface area contributed by atoms with Gasteiger partial charge >= 0.3 is 0 Å². The number of hydrogen-bond acceptors (Lipinski definition) is 1. The molecule has 0 bridgehead atoms. The van der Waals surface area contributed by atoms with E-state index < -0.39 is 0 Å². The normalized spacial score (nSPS) is 11.4. The van der Waals surface area contributed by atoms with Gasteiger partial charge in [-0.1, -0.05) is 240 Å². The summed E-state index contributed by atoms with van der Waals surface area (Å²) in [6.45, 7) is 0.988. The van der Waals surface area contributed by atoms with E-state index in [9.17, 15) is 0 Å². The van der Waals surface area contributed by atoms with Gasteiger partial charge in [-0.15, -0.1) is 12.6 Å². The second kappa shape index (κ2) is 39.0. The fourth-order valence-electron chi connectivity index (χ4n) is 6.07. The smallest absolute Gasteiger partial charge is 0.130 e. The predicted molar refractivity (Wildman–Crippen MR) is 205 cm³/mol. The van der Waals surface area contributed by atoms with Crippen LogP contribution in [0, 0.1) is 0 Å². The molecular weight excluding hydrogens is 649 g/mol. The van der Waals surface area contributed by atoms with E-state index in [0.29, 0.717) is 4.32 Å². The van der Waals surface area contributed by atoms with Gasteiger partial charge in [0.25, 0.3) is 0 Å². The summed E-state index contributed by atoms with van der Waals surface area (Å²) in [5.41, 5.74) is 0. The average molecular weight is 724 g/mol. The fourth-order valence-corrected chi connectivity index (χ4v) is 6.82. The Morgan fingerprint density at radius 1 is 0.341 bits per heavy atom. The van der Waals surface area contributed by atoms with Gasteiger partial charge in [0, 0.05) is 6.54 Å². The number of rotatable bonds is 36. The highest BCUT2D eigenvalue weighted by molar-refractivity contribution is 14.1. The second-order valence-electron chi connectivity index (χ2n) is 12.9. The van der Waals surface area contributed by atoms with E-state index in [1.165, 1.54) is 223 Å². The van der Waals surface area contributed by atoms with Gasteiger partial charge < -0.3 is 5.32 Å². The van der Waals surface area contributed by atoms with Crippen LogP contribution in [0.3, 0.4) is 0 Å². The highest BCUT2D eigenvalue weighted by atomic mass is 127. The minimum Gasteiger partial charge on any atom is -0.371 e. The van der Waals surface area contributed by atoms with Crippen LogP contribution in [-0.4, -0.2) is 15.3 Å². The lowest BCUT2D eigenvalue weighted by Gasteiger charge is -2.05. The molecule has 0 heterocycles. The molecule has 0 rings (SSSR count). The van der Waals surface area contributed by atoms with Crippen LogP contribution in [0.1, 0.15) is 218 Å². The SMILES string of the molecule is S=C(S)NCCCCCCCCCCCCCCCCCCCCCCCCCCCCCCCCCCCCI. The van der Waals surface area contributed by atoms with E-state index in [1.807, 2.05) is 0 Å². The third-order valence-electron chi connectivity index (χ3n) is 8.84. The standard InChI is InChI=1S/C37H74INS2/c38-35-33-31-29-27-25-23-21-19-17-15-13-11-9-7-5-3-1-2-4-6-8-10-12-14-16-18-20-22-24-26-28-30-32-34-36-39-37(40)41/h1-36H2,(H2,39,40,41). The first-order valence-electron chi connectivity index (χ1n) is 18.8. The summed E-state index contributed by atoms with van der Waals surface area (Å²) in [6, 6.07) is 0. The van der Waals surface area contributed by atoms with Crippen LogP contribution in [0.2, 0.25) is 0 Å². The van der Waals surface area contributed by atoms with Crippen LogP contribution in [-0.2, 0) is 0 Å². The average Bonchev–Trinajstić information content (AvgIpc) is 2.97. The van der Waals surface area contributed by atoms with E-state index in [2.05, 4.69) is 40.5 Å². The fraction of sp³-hybridized carbons (Fsp3) is 0.973. The molecule has 0 saturated carbocycles. The van der Waals surface area contributed by atoms with Crippen LogP contribution in [0.5, 0.6) is 0 Å². The molecule has 4 heteroatoms. The van der Waals surface area contributed by atoms with Crippen LogP contribution < -0.4 is 5.32 Å². The lowest BCUT2D eigenvalue weighted by molar-refractivity contribution is 0.511. The first-order valence-corrected chi connectivity index (χ1v) is 21.2. The van der Waals surface area contributed by atoms with Crippen molar-refractivity contribution < 1.29 is 0 Å². The minimum atomic E-state index is 0.631. The molecule has 41 heavy (non-hydrogen) atoms. The Balaban J connectivity index is 3.03. The monoisotopic (exact) mass is 723 g/mol. The Hall–Kier alpha value is 0.970. The quantitative estimate of drug-likeness (QED) is 0.0219. The van der Waals surface area contributed by atoms with Gasteiger partial charge in [0.2, 0.25) is 0 Å². The van der Waals surface area contributed by atoms with Crippen molar-refractivity contribution in [1.29, 1.82) is 0 Å². The van der Waals surface area contributed by atoms with Gasteiger partial charge in [0.1, 0.15) is 4.32 Å². The van der Waals surface area contributed by atoms with Gasteiger partial charge in [0.05, 0.1) is 0 Å². The van der Waals surface area contributed by atoms with Crippen molar-refractivity contribution in [3.8, 4) is 0 Å². The van der Waals surface area contributed by atoms with Crippen molar-refractivity contribution in [1.82, 2.24) is 5.32 Å². The molecule has 246 valence electrons. The number of halogens is 1. The topological polar surface area (TPSA) is 12.0 Å². The molecular formula is C37H74INS2. The number of thiocarbonyl (C=S) groups is 1. The third-order valence-corrected chi connectivity index (χ3v) is 9.90. The van der Waals surface area contributed by atoms with Gasteiger partial charge in [0.15, 0.2) is 0 Å². The molecule has 0 aliphatic heterocycles. The minimum absolute atomic E-state index is 0.631. The van der Waals surface area contributed by atoms with Crippen LogP contribution >= 0.6 is 47.4 Å². The summed E-state index contributed by atoms with van der Waals surface area (Å²) in [4.78, 5) is 0. The van der Waals surface area contributed by atoms with E-state index in [-0.39, 0.29) is 0 Å². The second-order valence-corrected chi connectivity index (χ2v) is 15.2. The van der Waals surface area contributed by atoms with Crippen LogP contribution in [0.25, 0.3) is 0 Å². The first kappa shape index (κ1) is 42.0. The van der Waals surface area contributed by atoms with Crippen LogP contribution in [0.4, 0.5) is 0 Å². The molecule has 0 aromatic carbocycles. The molecule has 1 nitrogen and oxygen atoms in total. The maximum Gasteiger partial charge on any atom is 0.130 e. The zero-order valence-electron chi connectivity index (χ0n) is 27.7. The number of unbranched alkanes of at least 4 members (excludes halogenated alkanes) is 33. The molecule has 0 aromatic heterocycles. The molecule has 0 unspecified atom stereocenters. The van der Waals surface area contributed by atoms with Gasteiger partial charge in [-0.2, -0.15) is 0 Å². The van der Waals surface area contributed by atoms with Crippen molar-refractivity contribution in [3.63, 3.8) is 0 Å². The summed E-state index contributed by atoms with van der Waals surface area (Å²) >= 11 is 11.5. The largest absolute Gasteiger partial charge is 0.371 e. The summed E-state index contributed by atoms with van der Waals surface area (Å²) < 4.78 is 1.97. The van der Waals surface area contributed by atoms with Gasteiger partial charge in [-0.25, -0.2) is 0 Å². The predicted octanol–water partition coefficient (Wildman–Crippen LogP) is 14.5. The van der Waals surface area contributed by atoms with Crippen molar-refractivity contribution >= 4 is 51.8 Å². The molecule has 1 N–H and O–H groups in total. The van der Waals surface area contributed by atoms with E-state index in [0.717, 1.165) is 6.54 Å². The molecule has 0 radical (unpaired) electrons. The Labute approximate surface area is 284 Å². The summed E-state index contributed by atoms with van der Waals surface area (Å²) in [5, 5.41) is 3.12. The van der Waals surface area contributed by atoms with E-state index >= 15 is 0 Å². The Morgan fingerprint density at radius 3 is 0.683 bits per heavy atom. The highest BCUT2D eigenvalue weighted by Gasteiger charge is 1.97. The molecule has 0 atom stereocenters. The first-order chi connectivity index (χ1) is 20.3. The van der Waals surface area contributed by atoms with Crippen molar-refractivity contribution in [2.75, 3.05) is 11.0 Å². The van der Waals surface area contributed by atoms with Gasteiger partial charge in [-0.3, -0.25) is 0 Å². The Morgan fingerprint density at radius 2 is 0.512 bits per heavy atom. The molecule has 0 amide bonds. The maximum atomic E-state index is 4.91. The molecule has 0 aliphatic rings. The number of hydrogen-bond donors (Lipinski definition) is 2. The van der Waals surface area contributed by atoms with Crippen molar-refractivity contribution in [3.05, 3.63) is 0 Å². The zero-order chi connectivity index (χ0) is 29.7. The highest BCUT2D eigenvalue weighted by Crippen LogP contribution is 2.17. The van der Waals surface area contributed by atoms with Crippen molar-refractivity contribution in [2.45, 2.75) is 218 Å².